The summed E-state index contributed by atoms with van der Waals surface area (Å²) in [5, 5.41) is 21.7. The molecule has 0 aliphatic heterocycles. The molecule has 6 nitrogen and oxygen atoms in total. The summed E-state index contributed by atoms with van der Waals surface area (Å²) in [6.07, 6.45) is 21.8. The summed E-state index contributed by atoms with van der Waals surface area (Å²) in [5.74, 6) is 8.21. The predicted octanol–water partition coefficient (Wildman–Crippen LogP) is 8.90. The minimum atomic E-state index is -0.905. The Bertz CT molecular complexity index is 1550. The topological polar surface area (TPSA) is 111 Å². The molecule has 12 aliphatic rings. The molecule has 0 radical (unpaired) electrons. The molecule has 6 N–H and O–H groups in total. The molecule has 5 unspecified atom stereocenters. The molecule has 14 rings (SSSR count). The van der Waals surface area contributed by atoms with Crippen LogP contribution in [-0.2, 0) is 0 Å². The Hall–Kier alpha value is -2.76. The van der Waals surface area contributed by atoms with E-state index in [1.165, 1.54) is 89.9 Å². The summed E-state index contributed by atoms with van der Waals surface area (Å²) >= 11 is 0. The van der Waals surface area contributed by atoms with E-state index in [9.17, 15) is 10.2 Å². The van der Waals surface area contributed by atoms with Gasteiger partial charge in [0.2, 0.25) is 0 Å². The Balaban J connectivity index is 1.14. The first kappa shape index (κ1) is 29.0. The summed E-state index contributed by atoms with van der Waals surface area (Å²) in [7, 11) is 0. The molecule has 12 bridgehead atoms. The lowest BCUT2D eigenvalue weighted by atomic mass is 9.27. The average Bonchev–Trinajstić information content (AvgIpc) is 3.02. The van der Waals surface area contributed by atoms with E-state index in [1.807, 2.05) is 12.1 Å². The van der Waals surface area contributed by atoms with Gasteiger partial charge in [0, 0.05) is 18.1 Å². The number of phenolic OH excluding ortho intramolecular Hbond substituents is 2. The lowest BCUT2D eigenvalue weighted by Crippen LogP contribution is -2.79. The third kappa shape index (κ3) is 3.71. The van der Waals surface area contributed by atoms with Crippen molar-refractivity contribution in [3.63, 3.8) is 0 Å². The average molecular weight is 651 g/mol. The molecule has 6 heteroatoms. The van der Waals surface area contributed by atoms with E-state index >= 15 is 0 Å². The van der Waals surface area contributed by atoms with Crippen LogP contribution in [0.3, 0.4) is 0 Å². The van der Waals surface area contributed by atoms with Crippen LogP contribution in [0.15, 0.2) is 36.4 Å². The lowest BCUT2D eigenvalue weighted by molar-refractivity contribution is -0.379. The SMILES string of the molecule is Nc1ccc(OC2(Oc3ccc(N)c(O)c3)C3CC4CC(C3)CC2(C23CC5CC(CC(C5)C2C25CC6CC(CC(C6)C2)C5)C3)C4)cc1O. The molecule has 5 atom stereocenters. The van der Waals surface area contributed by atoms with E-state index in [0.717, 1.165) is 54.3 Å². The highest BCUT2D eigenvalue weighted by molar-refractivity contribution is 5.56. The predicted molar refractivity (Wildman–Crippen MR) is 185 cm³/mol. The minimum absolute atomic E-state index is 0.0619. The third-order valence-electron chi connectivity index (χ3n) is 16.9. The molecular weight excluding hydrogens is 596 g/mol. The van der Waals surface area contributed by atoms with Crippen LogP contribution in [0.1, 0.15) is 103 Å². The number of benzene rings is 2. The highest BCUT2D eigenvalue weighted by atomic mass is 16.7. The largest absolute Gasteiger partial charge is 0.506 e. The van der Waals surface area contributed by atoms with E-state index in [-0.39, 0.29) is 28.2 Å². The first-order valence-corrected chi connectivity index (χ1v) is 19.7. The molecule has 0 saturated heterocycles. The Labute approximate surface area is 285 Å². The van der Waals surface area contributed by atoms with E-state index in [0.29, 0.717) is 40.1 Å². The van der Waals surface area contributed by atoms with Gasteiger partial charge in [-0.15, -0.1) is 0 Å². The van der Waals surface area contributed by atoms with Crippen molar-refractivity contribution in [2.45, 2.75) is 109 Å². The zero-order valence-electron chi connectivity index (χ0n) is 28.4. The first-order valence-electron chi connectivity index (χ1n) is 19.7. The van der Waals surface area contributed by atoms with Crippen LogP contribution in [0.25, 0.3) is 0 Å². The molecule has 0 spiro atoms. The van der Waals surface area contributed by atoms with Gasteiger partial charge >= 0.3 is 0 Å². The molecule has 0 heterocycles. The van der Waals surface area contributed by atoms with Gasteiger partial charge in [-0.3, -0.25) is 0 Å². The van der Waals surface area contributed by atoms with E-state index in [1.54, 1.807) is 24.3 Å². The van der Waals surface area contributed by atoms with E-state index < -0.39 is 5.79 Å². The molecule has 12 aliphatic carbocycles. The summed E-state index contributed by atoms with van der Waals surface area (Å²) in [4.78, 5) is 0. The van der Waals surface area contributed by atoms with Gasteiger partial charge in [0.1, 0.15) is 23.0 Å². The van der Waals surface area contributed by atoms with Crippen LogP contribution in [0.2, 0.25) is 0 Å². The molecule has 2 aromatic carbocycles. The maximum absolute atomic E-state index is 10.9. The van der Waals surface area contributed by atoms with E-state index in [4.69, 9.17) is 20.9 Å². The van der Waals surface area contributed by atoms with Crippen LogP contribution in [-0.4, -0.2) is 16.0 Å². The Morgan fingerprint density at radius 1 is 0.542 bits per heavy atom. The fourth-order valence-electron chi connectivity index (χ4n) is 17.0. The van der Waals surface area contributed by atoms with Crippen molar-refractivity contribution >= 4 is 11.4 Å². The first-order chi connectivity index (χ1) is 23.1. The number of phenols is 2. The summed E-state index contributed by atoms with van der Waals surface area (Å²) < 4.78 is 15.2. The number of rotatable bonds is 6. The number of ether oxygens (including phenoxy) is 2. The van der Waals surface area contributed by atoms with Gasteiger partial charge in [0.15, 0.2) is 0 Å². The summed E-state index contributed by atoms with van der Waals surface area (Å²) in [5.41, 5.74) is 13.5. The minimum Gasteiger partial charge on any atom is -0.506 e. The molecule has 0 amide bonds. The number of hydrogen-bond acceptors (Lipinski definition) is 6. The van der Waals surface area contributed by atoms with Gasteiger partial charge in [-0.25, -0.2) is 0 Å². The molecule has 0 aromatic heterocycles. The van der Waals surface area contributed by atoms with Crippen LogP contribution >= 0.6 is 0 Å². The molecule has 256 valence electrons. The van der Waals surface area contributed by atoms with Crippen molar-refractivity contribution in [2.75, 3.05) is 11.5 Å². The fourth-order valence-corrected chi connectivity index (χ4v) is 17.0. The van der Waals surface area contributed by atoms with Crippen LogP contribution in [0.5, 0.6) is 23.0 Å². The van der Waals surface area contributed by atoms with Gasteiger partial charge in [-0.05, 0) is 191 Å². The van der Waals surface area contributed by atoms with E-state index in [2.05, 4.69) is 0 Å². The number of aromatic hydroxyl groups is 2. The van der Waals surface area contributed by atoms with Crippen LogP contribution < -0.4 is 20.9 Å². The highest BCUT2D eigenvalue weighted by Crippen LogP contribution is 2.83. The van der Waals surface area contributed by atoms with Crippen molar-refractivity contribution < 1.29 is 19.7 Å². The fraction of sp³-hybridized carbons (Fsp3) is 0.714. The second-order valence-corrected chi connectivity index (χ2v) is 19.5. The smallest absolute Gasteiger partial charge is 0.260 e. The zero-order chi connectivity index (χ0) is 32.2. The Morgan fingerprint density at radius 2 is 0.979 bits per heavy atom. The molecular formula is C42H54N2O4. The monoisotopic (exact) mass is 650 g/mol. The van der Waals surface area contributed by atoms with Crippen molar-refractivity contribution in [1.82, 2.24) is 0 Å². The lowest BCUT2D eigenvalue weighted by Gasteiger charge is -2.79. The van der Waals surface area contributed by atoms with Crippen molar-refractivity contribution in [3.8, 4) is 23.0 Å². The number of nitrogen functional groups attached to an aromatic ring is 2. The quantitative estimate of drug-likeness (QED) is 0.141. The number of hydrogen-bond donors (Lipinski definition) is 4. The maximum atomic E-state index is 10.9. The van der Waals surface area contributed by atoms with Crippen LogP contribution in [0.4, 0.5) is 11.4 Å². The number of anilines is 2. The van der Waals surface area contributed by atoms with Gasteiger partial charge in [-0.1, -0.05) is 0 Å². The normalized spacial score (nSPS) is 48.2. The Morgan fingerprint density at radius 3 is 1.44 bits per heavy atom. The highest BCUT2D eigenvalue weighted by Gasteiger charge is 2.81. The molecule has 2 aromatic rings. The van der Waals surface area contributed by atoms with Gasteiger partial charge < -0.3 is 31.2 Å². The van der Waals surface area contributed by atoms with Gasteiger partial charge in [0.25, 0.3) is 5.79 Å². The maximum Gasteiger partial charge on any atom is 0.260 e. The van der Waals surface area contributed by atoms with Gasteiger partial charge in [-0.2, -0.15) is 0 Å². The second kappa shape index (κ2) is 9.51. The van der Waals surface area contributed by atoms with Crippen molar-refractivity contribution in [3.05, 3.63) is 36.4 Å². The molecule has 48 heavy (non-hydrogen) atoms. The molecule has 12 fully saturated rings. The standard InChI is InChI=1S/C42H54N2O4/c43-34-3-1-32(14-36(34)45)47-42(48-33-2-4-35(44)37(46)15-33)31-12-28-9-29(13-31)22-41(42,21-28)40-19-26-8-27(20-40)11-30(10-26)38(40)39-16-23-5-24(17-39)7-25(6-23)18-39/h1-4,14-15,23-31,38,45-46H,5-13,16-22,43-44H2. The number of nitrogens with two attached hydrogens (primary N) is 2. The molecule has 12 saturated carbocycles. The van der Waals surface area contributed by atoms with Gasteiger partial charge in [0.05, 0.1) is 16.8 Å². The van der Waals surface area contributed by atoms with Crippen molar-refractivity contribution in [2.24, 2.45) is 75.4 Å². The summed E-state index contributed by atoms with van der Waals surface area (Å²) in [6, 6.07) is 10.9. The third-order valence-corrected chi connectivity index (χ3v) is 16.9. The second-order valence-electron chi connectivity index (χ2n) is 19.5. The van der Waals surface area contributed by atoms with Crippen molar-refractivity contribution in [1.29, 1.82) is 0 Å². The zero-order valence-corrected chi connectivity index (χ0v) is 28.4. The summed E-state index contributed by atoms with van der Waals surface area (Å²) in [6.45, 7) is 0. The Kier molecular flexibility index (Phi) is 5.75. The van der Waals surface area contributed by atoms with Crippen LogP contribution in [0, 0.1) is 75.4 Å².